The highest BCUT2D eigenvalue weighted by molar-refractivity contribution is 7.89. The summed E-state index contributed by atoms with van der Waals surface area (Å²) in [5.74, 6) is -0.283. The third-order valence-electron chi connectivity index (χ3n) is 3.80. The number of primary sulfonamides is 1. The number of fused-ring (bicyclic) bond motifs is 1. The van der Waals surface area contributed by atoms with Crippen molar-refractivity contribution in [2.75, 3.05) is 11.9 Å². The first-order valence-electron chi connectivity index (χ1n) is 7.92. The van der Waals surface area contributed by atoms with Gasteiger partial charge in [0.2, 0.25) is 10.0 Å². The highest BCUT2D eigenvalue weighted by Gasteiger charge is 2.20. The highest BCUT2D eigenvalue weighted by Crippen LogP contribution is 2.27. The predicted molar refractivity (Wildman–Crippen MR) is 97.3 cm³/mol. The topological polar surface area (TPSA) is 112 Å². The Balaban J connectivity index is 1.90. The first-order valence-corrected chi connectivity index (χ1v) is 9.47. The Hall–Kier alpha value is -2.68. The van der Waals surface area contributed by atoms with Crippen molar-refractivity contribution in [1.82, 2.24) is 0 Å². The van der Waals surface area contributed by atoms with Gasteiger partial charge in [0.25, 0.3) is 5.91 Å². The molecule has 1 heterocycles. The maximum absolute atomic E-state index is 12.6. The molecular weight excluding hydrogens is 356 g/mol. The molecule has 1 amide bonds. The Morgan fingerprint density at radius 1 is 1.15 bits per heavy atom. The molecule has 26 heavy (non-hydrogen) atoms. The average molecular weight is 374 g/mol. The molecule has 7 nitrogen and oxygen atoms in total. The van der Waals surface area contributed by atoms with Crippen molar-refractivity contribution >= 4 is 32.6 Å². The Bertz CT molecular complexity index is 1040. The summed E-state index contributed by atoms with van der Waals surface area (Å²) in [4.78, 5) is 12.6. The predicted octanol–water partition coefficient (Wildman–Crippen LogP) is 2.87. The van der Waals surface area contributed by atoms with Crippen LogP contribution in [0.25, 0.3) is 11.0 Å². The standard InChI is InChI=1S/C18H18N2O5S/c1-2-24-11-15-14-5-3-4-6-16(14)25-17(15)18(21)20-12-7-9-13(10-8-12)26(19,22)23/h3-10H,2,11H2,1H3,(H,20,21)(H2,19,22,23). The van der Waals surface area contributed by atoms with E-state index in [0.717, 1.165) is 5.39 Å². The van der Waals surface area contributed by atoms with Gasteiger partial charge in [0.15, 0.2) is 5.76 Å². The summed E-state index contributed by atoms with van der Waals surface area (Å²) in [6, 6.07) is 12.9. The lowest BCUT2D eigenvalue weighted by Gasteiger charge is -2.06. The quantitative estimate of drug-likeness (QED) is 0.689. The molecule has 0 bridgehead atoms. The molecule has 0 aliphatic rings. The fourth-order valence-corrected chi connectivity index (χ4v) is 3.06. The molecule has 0 aliphatic heterocycles. The summed E-state index contributed by atoms with van der Waals surface area (Å²) in [5, 5.41) is 8.57. The molecule has 0 saturated heterocycles. The molecule has 0 atom stereocenters. The van der Waals surface area contributed by atoms with Gasteiger partial charge in [0.05, 0.1) is 11.5 Å². The second kappa shape index (κ2) is 7.28. The van der Waals surface area contributed by atoms with Gasteiger partial charge in [0, 0.05) is 23.2 Å². The van der Waals surface area contributed by atoms with Crippen LogP contribution in [-0.4, -0.2) is 20.9 Å². The lowest BCUT2D eigenvalue weighted by Crippen LogP contribution is -2.14. The van der Waals surface area contributed by atoms with Crippen molar-refractivity contribution in [3.8, 4) is 0 Å². The Kier molecular flexibility index (Phi) is 5.08. The number of hydrogen-bond donors (Lipinski definition) is 2. The molecule has 8 heteroatoms. The lowest BCUT2D eigenvalue weighted by molar-refractivity contribution is 0.0984. The van der Waals surface area contributed by atoms with Crippen molar-refractivity contribution < 1.29 is 22.4 Å². The number of rotatable bonds is 6. The van der Waals surface area contributed by atoms with E-state index in [1.54, 1.807) is 6.07 Å². The minimum Gasteiger partial charge on any atom is -0.451 e. The van der Waals surface area contributed by atoms with Gasteiger partial charge in [-0.25, -0.2) is 13.6 Å². The van der Waals surface area contributed by atoms with Crippen LogP contribution in [0.15, 0.2) is 57.8 Å². The third-order valence-corrected chi connectivity index (χ3v) is 4.72. The summed E-state index contributed by atoms with van der Waals surface area (Å²) in [7, 11) is -3.78. The molecule has 1 aromatic heterocycles. The lowest BCUT2D eigenvalue weighted by atomic mass is 10.1. The highest BCUT2D eigenvalue weighted by atomic mass is 32.2. The van der Waals surface area contributed by atoms with Crippen LogP contribution in [0, 0.1) is 0 Å². The first-order chi connectivity index (χ1) is 12.4. The normalized spacial score (nSPS) is 11.6. The number of benzene rings is 2. The molecule has 0 fully saturated rings. The van der Waals surface area contributed by atoms with E-state index in [9.17, 15) is 13.2 Å². The zero-order valence-electron chi connectivity index (χ0n) is 14.1. The van der Waals surface area contributed by atoms with E-state index in [4.69, 9.17) is 14.3 Å². The fraction of sp³-hybridized carbons (Fsp3) is 0.167. The number of anilines is 1. The summed E-state index contributed by atoms with van der Waals surface area (Å²) >= 11 is 0. The van der Waals surface area contributed by atoms with Crippen LogP contribution in [-0.2, 0) is 21.4 Å². The van der Waals surface area contributed by atoms with Crippen LogP contribution in [0.3, 0.4) is 0 Å². The molecule has 0 saturated carbocycles. The number of nitrogens with one attached hydrogen (secondary N) is 1. The fourth-order valence-electron chi connectivity index (χ4n) is 2.55. The van der Waals surface area contributed by atoms with Gasteiger partial charge in [-0.3, -0.25) is 4.79 Å². The van der Waals surface area contributed by atoms with Gasteiger partial charge in [-0.2, -0.15) is 0 Å². The number of carbonyl (C=O) groups is 1. The second-order valence-corrected chi connectivity index (χ2v) is 7.13. The summed E-state index contributed by atoms with van der Waals surface area (Å²) in [6.45, 7) is 2.63. The van der Waals surface area contributed by atoms with Crippen molar-refractivity contribution in [1.29, 1.82) is 0 Å². The van der Waals surface area contributed by atoms with Gasteiger partial charge in [-0.15, -0.1) is 0 Å². The van der Waals surface area contributed by atoms with Gasteiger partial charge in [-0.05, 0) is 37.3 Å². The second-order valence-electron chi connectivity index (χ2n) is 5.57. The molecule has 0 spiro atoms. The monoisotopic (exact) mass is 374 g/mol. The average Bonchev–Trinajstić information content (AvgIpc) is 2.98. The summed E-state index contributed by atoms with van der Waals surface area (Å²) < 4.78 is 33.7. The van der Waals surface area contributed by atoms with Gasteiger partial charge in [-0.1, -0.05) is 18.2 Å². The molecule has 0 radical (unpaired) electrons. The molecular formula is C18H18N2O5S. The van der Waals surface area contributed by atoms with Crippen molar-refractivity contribution in [3.05, 3.63) is 59.9 Å². The molecule has 3 rings (SSSR count). The molecule has 0 aliphatic carbocycles. The molecule has 3 aromatic rings. The minimum atomic E-state index is -3.78. The van der Waals surface area contributed by atoms with E-state index in [0.29, 0.717) is 23.4 Å². The van der Waals surface area contributed by atoms with E-state index >= 15 is 0 Å². The number of ether oxygens (including phenoxy) is 1. The number of carbonyl (C=O) groups excluding carboxylic acids is 1. The maximum atomic E-state index is 12.6. The van der Waals surface area contributed by atoms with Crippen LogP contribution in [0.5, 0.6) is 0 Å². The van der Waals surface area contributed by atoms with Gasteiger partial charge >= 0.3 is 0 Å². The van der Waals surface area contributed by atoms with Crippen LogP contribution in [0.4, 0.5) is 5.69 Å². The van der Waals surface area contributed by atoms with Crippen LogP contribution >= 0.6 is 0 Å². The summed E-state index contributed by atoms with van der Waals surface area (Å²) in [5.41, 5.74) is 1.68. The van der Waals surface area contributed by atoms with E-state index in [1.165, 1.54) is 24.3 Å². The van der Waals surface area contributed by atoms with Crippen molar-refractivity contribution in [2.24, 2.45) is 5.14 Å². The van der Waals surface area contributed by atoms with Crippen LogP contribution < -0.4 is 10.5 Å². The first kappa shape index (κ1) is 18.1. The van der Waals surface area contributed by atoms with E-state index in [-0.39, 0.29) is 17.3 Å². The molecule has 0 unspecified atom stereocenters. The van der Waals surface area contributed by atoms with Gasteiger partial charge < -0.3 is 14.5 Å². The van der Waals surface area contributed by atoms with Gasteiger partial charge in [0.1, 0.15) is 5.58 Å². The number of sulfonamides is 1. The number of nitrogens with two attached hydrogens (primary N) is 1. The zero-order chi connectivity index (χ0) is 18.7. The minimum absolute atomic E-state index is 0.0312. The Morgan fingerprint density at radius 3 is 2.50 bits per heavy atom. The molecule has 3 N–H and O–H groups in total. The van der Waals surface area contributed by atoms with E-state index in [1.807, 2.05) is 25.1 Å². The smallest absolute Gasteiger partial charge is 0.291 e. The SMILES string of the molecule is CCOCc1c(C(=O)Nc2ccc(S(N)(=O)=O)cc2)oc2ccccc12. The van der Waals surface area contributed by atoms with Crippen LogP contribution in [0.2, 0.25) is 0 Å². The largest absolute Gasteiger partial charge is 0.451 e. The van der Waals surface area contributed by atoms with Crippen molar-refractivity contribution in [3.63, 3.8) is 0 Å². The number of para-hydroxylation sites is 1. The van der Waals surface area contributed by atoms with Crippen molar-refractivity contribution in [2.45, 2.75) is 18.4 Å². The Morgan fingerprint density at radius 2 is 1.85 bits per heavy atom. The third kappa shape index (κ3) is 3.77. The van der Waals surface area contributed by atoms with E-state index < -0.39 is 15.9 Å². The maximum Gasteiger partial charge on any atom is 0.291 e. The number of hydrogen-bond acceptors (Lipinski definition) is 5. The molecule has 136 valence electrons. The summed E-state index contributed by atoms with van der Waals surface area (Å²) in [6.07, 6.45) is 0. The number of amides is 1. The Labute approximate surface area is 150 Å². The van der Waals surface area contributed by atoms with Crippen LogP contribution in [0.1, 0.15) is 23.0 Å². The van der Waals surface area contributed by atoms with E-state index in [2.05, 4.69) is 5.32 Å². The number of furan rings is 1. The molecule has 2 aromatic carbocycles. The zero-order valence-corrected chi connectivity index (χ0v) is 14.9.